The molecule has 0 N–H and O–H groups in total. The summed E-state index contributed by atoms with van der Waals surface area (Å²) in [5.74, 6) is 0.365. The lowest BCUT2D eigenvalue weighted by molar-refractivity contribution is 0.0223. The van der Waals surface area contributed by atoms with E-state index < -0.39 is 10.0 Å². The number of ether oxygens (including phenoxy) is 1. The number of benzene rings is 2. The molecule has 2 aromatic carbocycles. The molecule has 33 heavy (non-hydrogen) atoms. The normalized spacial score (nSPS) is 23.7. The highest BCUT2D eigenvalue weighted by molar-refractivity contribution is 7.92. The number of hydrogen-bond donors (Lipinski definition) is 0. The van der Waals surface area contributed by atoms with Gasteiger partial charge in [-0.3, -0.25) is 9.21 Å². The van der Waals surface area contributed by atoms with E-state index in [4.69, 9.17) is 4.74 Å². The van der Waals surface area contributed by atoms with Crippen molar-refractivity contribution in [2.45, 2.75) is 42.2 Å². The van der Waals surface area contributed by atoms with Gasteiger partial charge in [0, 0.05) is 63.6 Å². The summed E-state index contributed by atoms with van der Waals surface area (Å²) in [6.45, 7) is 8.59. The number of nitrogens with zero attached hydrogens (tertiary/aromatic N) is 3. The zero-order chi connectivity index (χ0) is 23.0. The lowest BCUT2D eigenvalue weighted by Crippen LogP contribution is -2.50. The van der Waals surface area contributed by atoms with E-state index in [9.17, 15) is 8.42 Å². The number of piperidine rings is 1. The van der Waals surface area contributed by atoms with Gasteiger partial charge in [0.05, 0.1) is 10.6 Å². The zero-order valence-electron chi connectivity index (χ0n) is 19.3. The van der Waals surface area contributed by atoms with E-state index >= 15 is 0 Å². The topological polar surface area (TPSA) is 53.1 Å². The first-order chi connectivity index (χ1) is 16.0. The molecule has 5 rings (SSSR count). The fourth-order valence-corrected chi connectivity index (χ4v) is 6.97. The van der Waals surface area contributed by atoms with E-state index in [1.807, 2.05) is 18.2 Å². The molecule has 2 aromatic rings. The van der Waals surface area contributed by atoms with Crippen LogP contribution in [-0.2, 0) is 14.8 Å². The first-order valence-electron chi connectivity index (χ1n) is 11.9. The van der Waals surface area contributed by atoms with Gasteiger partial charge in [0.1, 0.15) is 0 Å². The molecule has 0 saturated carbocycles. The fourth-order valence-electron chi connectivity index (χ4n) is 5.76. The quantitative estimate of drug-likeness (QED) is 0.604. The van der Waals surface area contributed by atoms with E-state index in [-0.39, 0.29) is 0 Å². The van der Waals surface area contributed by atoms with Crippen molar-refractivity contribution in [1.29, 1.82) is 0 Å². The van der Waals surface area contributed by atoms with Gasteiger partial charge in [-0.25, -0.2) is 8.42 Å². The molecule has 176 valence electrons. The maximum Gasteiger partial charge on any atom is 0.264 e. The Morgan fingerprint density at radius 2 is 1.88 bits per heavy atom. The summed E-state index contributed by atoms with van der Waals surface area (Å²) in [6, 6.07) is 15.8. The maximum absolute atomic E-state index is 13.2. The summed E-state index contributed by atoms with van der Waals surface area (Å²) in [5, 5.41) is 0. The summed E-state index contributed by atoms with van der Waals surface area (Å²) in [5.41, 5.74) is 3.18. The van der Waals surface area contributed by atoms with Gasteiger partial charge < -0.3 is 9.64 Å². The molecule has 0 aromatic heterocycles. The molecule has 2 atom stereocenters. The van der Waals surface area contributed by atoms with Crippen molar-refractivity contribution in [3.8, 4) is 0 Å². The average molecular weight is 468 g/mol. The van der Waals surface area contributed by atoms with Gasteiger partial charge in [-0.05, 0) is 55.2 Å². The predicted molar refractivity (Wildman–Crippen MR) is 133 cm³/mol. The highest BCUT2D eigenvalue weighted by Gasteiger charge is 2.43. The first-order valence-corrected chi connectivity index (χ1v) is 13.3. The van der Waals surface area contributed by atoms with Gasteiger partial charge in [0.2, 0.25) is 0 Å². The minimum atomic E-state index is -3.61. The summed E-state index contributed by atoms with van der Waals surface area (Å²) in [6.07, 6.45) is 5.27. The molecule has 3 heterocycles. The molecule has 3 aliphatic rings. The second-order valence-corrected chi connectivity index (χ2v) is 11.2. The largest absolute Gasteiger partial charge is 0.381 e. The van der Waals surface area contributed by atoms with Crippen LogP contribution in [0.2, 0.25) is 0 Å². The predicted octanol–water partition coefficient (Wildman–Crippen LogP) is 3.85. The Labute approximate surface area is 197 Å². The van der Waals surface area contributed by atoms with E-state index in [0.29, 0.717) is 28.6 Å². The van der Waals surface area contributed by atoms with Crippen LogP contribution in [0.4, 0.5) is 11.4 Å². The second kappa shape index (κ2) is 9.12. The third-order valence-electron chi connectivity index (χ3n) is 7.53. The van der Waals surface area contributed by atoms with Crippen LogP contribution in [0.5, 0.6) is 0 Å². The molecule has 7 heteroatoms. The third kappa shape index (κ3) is 4.07. The summed E-state index contributed by atoms with van der Waals surface area (Å²) >= 11 is 0. The molecular weight excluding hydrogens is 434 g/mol. The monoisotopic (exact) mass is 467 g/mol. The summed E-state index contributed by atoms with van der Waals surface area (Å²) in [7, 11) is -1.97. The number of rotatable bonds is 6. The van der Waals surface area contributed by atoms with Crippen molar-refractivity contribution in [3.63, 3.8) is 0 Å². The highest BCUT2D eigenvalue weighted by atomic mass is 32.2. The maximum atomic E-state index is 13.2. The van der Waals surface area contributed by atoms with Crippen LogP contribution in [0.15, 0.2) is 66.1 Å². The Morgan fingerprint density at radius 1 is 1.12 bits per heavy atom. The third-order valence-corrected chi connectivity index (χ3v) is 9.33. The van der Waals surface area contributed by atoms with E-state index in [0.717, 1.165) is 52.1 Å². The summed E-state index contributed by atoms with van der Waals surface area (Å²) < 4.78 is 33.4. The Hall–Kier alpha value is -2.35. The Morgan fingerprint density at radius 3 is 2.61 bits per heavy atom. The highest BCUT2D eigenvalue weighted by Crippen LogP contribution is 2.46. The fraction of sp³-hybridized carbons (Fsp3) is 0.462. The Bertz CT molecular complexity index is 1100. The van der Waals surface area contributed by atoms with Crippen molar-refractivity contribution in [3.05, 3.63) is 66.7 Å². The number of likely N-dealkylation sites (tertiary alicyclic amines) is 1. The van der Waals surface area contributed by atoms with Gasteiger partial charge in [0.25, 0.3) is 10.0 Å². The van der Waals surface area contributed by atoms with Gasteiger partial charge in [-0.1, -0.05) is 24.3 Å². The van der Waals surface area contributed by atoms with Crippen LogP contribution in [-0.4, -0.2) is 65.3 Å². The van der Waals surface area contributed by atoms with Crippen LogP contribution < -0.4 is 9.21 Å². The van der Waals surface area contributed by atoms with E-state index in [1.165, 1.54) is 15.6 Å². The molecule has 0 amide bonds. The van der Waals surface area contributed by atoms with E-state index in [1.54, 1.807) is 31.3 Å². The van der Waals surface area contributed by atoms with Crippen LogP contribution in [0.25, 0.3) is 0 Å². The lowest BCUT2D eigenvalue weighted by atomic mass is 9.87. The number of sulfonamides is 1. The van der Waals surface area contributed by atoms with E-state index in [2.05, 4.69) is 28.5 Å². The molecular formula is C26H33N3O3S. The summed E-state index contributed by atoms with van der Waals surface area (Å²) in [4.78, 5) is 5.41. The average Bonchev–Trinajstić information content (AvgIpc) is 3.17. The van der Waals surface area contributed by atoms with Crippen molar-refractivity contribution in [2.24, 2.45) is 0 Å². The second-order valence-electron chi connectivity index (χ2n) is 9.27. The van der Waals surface area contributed by atoms with Crippen molar-refractivity contribution >= 4 is 21.4 Å². The van der Waals surface area contributed by atoms with Crippen molar-refractivity contribution in [2.75, 3.05) is 49.1 Å². The smallest absolute Gasteiger partial charge is 0.264 e. The van der Waals surface area contributed by atoms with Crippen molar-refractivity contribution in [1.82, 2.24) is 4.90 Å². The molecule has 6 nitrogen and oxygen atoms in total. The lowest BCUT2D eigenvalue weighted by Gasteiger charge is -2.43. The van der Waals surface area contributed by atoms with Crippen molar-refractivity contribution < 1.29 is 13.2 Å². The molecule has 0 bridgehead atoms. The number of fused-ring (bicyclic) bond motifs is 3. The van der Waals surface area contributed by atoms with Gasteiger partial charge in [-0.2, -0.15) is 0 Å². The molecule has 0 spiro atoms. The standard InChI is InChI=1S/C26H33N3O3S/c1-3-14-29-25-10-9-21(27(2)33(30,31)22-7-5-4-6-8-22)18-23(25)24-19-28(15-11-26(24)29)20-12-16-32-17-13-20/h3-10,18,20,24,26H,1,11-17,19H2,2H3. The van der Waals surface area contributed by atoms with Gasteiger partial charge >= 0.3 is 0 Å². The Balaban J connectivity index is 1.47. The first kappa shape index (κ1) is 22.4. The molecule has 3 aliphatic heterocycles. The molecule has 2 saturated heterocycles. The zero-order valence-corrected chi connectivity index (χ0v) is 20.1. The van der Waals surface area contributed by atoms with Gasteiger partial charge in [0.15, 0.2) is 0 Å². The SMILES string of the molecule is C=CCN1c2ccc(N(C)S(=O)(=O)c3ccccc3)cc2C2CN(C3CCOCC3)CCC21. The molecule has 2 fully saturated rings. The van der Waals surface area contributed by atoms with Crippen LogP contribution >= 0.6 is 0 Å². The van der Waals surface area contributed by atoms with Gasteiger partial charge in [-0.15, -0.1) is 6.58 Å². The van der Waals surface area contributed by atoms with Crippen LogP contribution in [0, 0.1) is 0 Å². The minimum absolute atomic E-state index is 0.308. The molecule has 0 aliphatic carbocycles. The van der Waals surface area contributed by atoms with Crippen LogP contribution in [0.1, 0.15) is 30.7 Å². The number of anilines is 2. The van der Waals surface area contributed by atoms with Crippen LogP contribution in [0.3, 0.4) is 0 Å². The number of hydrogen-bond acceptors (Lipinski definition) is 5. The molecule has 0 radical (unpaired) electrons. The molecule has 2 unspecified atom stereocenters. The Kier molecular flexibility index (Phi) is 6.20. The minimum Gasteiger partial charge on any atom is -0.381 e.